The smallest absolute Gasteiger partial charge is 0.234 e. The van der Waals surface area contributed by atoms with Gasteiger partial charge in [-0.2, -0.15) is 0 Å². The van der Waals surface area contributed by atoms with Crippen molar-refractivity contribution in [3.8, 4) is 0 Å². The Kier molecular flexibility index (Phi) is 6.34. The van der Waals surface area contributed by atoms with Gasteiger partial charge in [0, 0.05) is 12.5 Å². The van der Waals surface area contributed by atoms with E-state index in [0.717, 1.165) is 50.8 Å². The van der Waals surface area contributed by atoms with Gasteiger partial charge in [-0.15, -0.1) is 11.3 Å². The summed E-state index contributed by atoms with van der Waals surface area (Å²) in [6.45, 7) is 3.20. The van der Waals surface area contributed by atoms with Crippen molar-refractivity contribution in [2.24, 2.45) is 0 Å². The van der Waals surface area contributed by atoms with Gasteiger partial charge in [0.2, 0.25) is 5.91 Å². The van der Waals surface area contributed by atoms with Gasteiger partial charge < -0.3 is 5.32 Å². The number of thiazole rings is 1. The van der Waals surface area contributed by atoms with Gasteiger partial charge in [0.15, 0.2) is 0 Å². The number of likely N-dealkylation sites (tertiary alicyclic amines) is 1. The number of hydrogen-bond acceptors (Lipinski definition) is 4. The van der Waals surface area contributed by atoms with E-state index >= 15 is 0 Å². The highest BCUT2D eigenvalue weighted by Crippen LogP contribution is 2.33. The zero-order valence-electron chi connectivity index (χ0n) is 16.1. The van der Waals surface area contributed by atoms with Crippen LogP contribution in [0.4, 0.5) is 0 Å². The molecule has 0 aliphatic carbocycles. The molecule has 1 aromatic heterocycles. The summed E-state index contributed by atoms with van der Waals surface area (Å²) in [5.74, 6) is 0.675. The van der Waals surface area contributed by atoms with Crippen LogP contribution in [-0.4, -0.2) is 42.0 Å². The second-order valence-corrected chi connectivity index (χ2v) is 8.57. The fourth-order valence-corrected chi connectivity index (χ4v) is 4.96. The Morgan fingerprint density at radius 3 is 2.61 bits per heavy atom. The van der Waals surface area contributed by atoms with Crippen LogP contribution in [0.5, 0.6) is 0 Å². The molecule has 0 saturated carbocycles. The number of hydrogen-bond donors (Lipinski definition) is 1. The van der Waals surface area contributed by atoms with Gasteiger partial charge in [-0.05, 0) is 56.5 Å². The Labute approximate surface area is 170 Å². The predicted molar refractivity (Wildman–Crippen MR) is 116 cm³/mol. The third-order valence-corrected chi connectivity index (χ3v) is 6.62. The van der Waals surface area contributed by atoms with Crippen molar-refractivity contribution >= 4 is 27.5 Å². The van der Waals surface area contributed by atoms with E-state index in [1.54, 1.807) is 0 Å². The lowest BCUT2D eigenvalue weighted by Crippen LogP contribution is -2.41. The first-order valence-electron chi connectivity index (χ1n) is 10.2. The Balaban J connectivity index is 1.17. The molecule has 1 N–H and O–H groups in total. The maximum absolute atomic E-state index is 12.2. The molecule has 1 fully saturated rings. The minimum atomic E-state index is 0.145. The van der Waals surface area contributed by atoms with E-state index < -0.39 is 0 Å². The number of rotatable bonds is 7. The molecule has 0 radical (unpaired) electrons. The van der Waals surface area contributed by atoms with Crippen molar-refractivity contribution in [1.82, 2.24) is 15.2 Å². The molecule has 4 nitrogen and oxygen atoms in total. The van der Waals surface area contributed by atoms with Gasteiger partial charge in [0.1, 0.15) is 0 Å². The molecule has 0 bridgehead atoms. The largest absolute Gasteiger partial charge is 0.355 e. The number of nitrogens with one attached hydrogen (secondary N) is 1. The van der Waals surface area contributed by atoms with Crippen molar-refractivity contribution in [2.45, 2.75) is 31.6 Å². The molecule has 1 aliphatic heterocycles. The number of amides is 1. The van der Waals surface area contributed by atoms with Gasteiger partial charge >= 0.3 is 0 Å². The molecule has 1 aliphatic rings. The Morgan fingerprint density at radius 1 is 1.07 bits per heavy atom. The fraction of sp³-hybridized carbons (Fsp3) is 0.391. The molecule has 1 amide bonds. The summed E-state index contributed by atoms with van der Waals surface area (Å²) in [6, 6.07) is 18.8. The highest BCUT2D eigenvalue weighted by Gasteiger charge is 2.24. The van der Waals surface area contributed by atoms with Crippen LogP contribution >= 0.6 is 11.3 Å². The summed E-state index contributed by atoms with van der Waals surface area (Å²) < 4.78 is 1.27. The van der Waals surface area contributed by atoms with E-state index in [-0.39, 0.29) is 5.91 Å². The number of aryl methyl sites for hydroxylation is 1. The Morgan fingerprint density at radius 2 is 1.82 bits per heavy atom. The zero-order chi connectivity index (χ0) is 19.2. The maximum Gasteiger partial charge on any atom is 0.234 e. The molecule has 2 heterocycles. The van der Waals surface area contributed by atoms with Crippen LogP contribution in [0, 0.1) is 0 Å². The minimum absolute atomic E-state index is 0.145. The SMILES string of the molecule is O=C(CN1CCC(c2nc3ccccc3s2)CC1)NCCCc1ccccc1. The highest BCUT2D eigenvalue weighted by atomic mass is 32.1. The number of aromatic nitrogens is 1. The second kappa shape index (κ2) is 9.30. The van der Waals surface area contributed by atoms with Gasteiger partial charge in [-0.25, -0.2) is 4.98 Å². The van der Waals surface area contributed by atoms with E-state index in [1.807, 2.05) is 23.5 Å². The normalized spacial score (nSPS) is 15.7. The van der Waals surface area contributed by atoms with E-state index in [9.17, 15) is 4.79 Å². The number of benzene rings is 2. The third-order valence-electron chi connectivity index (χ3n) is 5.42. The van der Waals surface area contributed by atoms with Gasteiger partial charge in [-0.3, -0.25) is 9.69 Å². The molecule has 0 atom stereocenters. The summed E-state index contributed by atoms with van der Waals surface area (Å²) in [4.78, 5) is 19.3. The van der Waals surface area contributed by atoms with Crippen LogP contribution in [-0.2, 0) is 11.2 Å². The van der Waals surface area contributed by atoms with Crippen LogP contribution in [0.1, 0.15) is 35.8 Å². The van der Waals surface area contributed by atoms with E-state index in [4.69, 9.17) is 4.98 Å². The molecular weight excluding hydrogens is 366 g/mol. The summed E-state index contributed by atoms with van der Waals surface area (Å²) in [6.07, 6.45) is 4.16. The molecule has 4 rings (SSSR count). The molecule has 146 valence electrons. The van der Waals surface area contributed by atoms with E-state index in [2.05, 4.69) is 52.7 Å². The molecule has 0 spiro atoms. The molecule has 2 aromatic carbocycles. The number of carbonyl (C=O) groups excluding carboxylic acids is 1. The standard InChI is InChI=1S/C23H27N3OS/c27-22(24-14-6-9-18-7-2-1-3-8-18)17-26-15-12-19(13-16-26)23-25-20-10-4-5-11-21(20)28-23/h1-5,7-8,10-11,19H,6,9,12-17H2,(H,24,27). The average Bonchev–Trinajstić information content (AvgIpc) is 3.17. The quantitative estimate of drug-likeness (QED) is 0.611. The van der Waals surface area contributed by atoms with Crippen molar-refractivity contribution in [3.05, 3.63) is 65.2 Å². The van der Waals surface area contributed by atoms with Crippen molar-refractivity contribution in [1.29, 1.82) is 0 Å². The first kappa shape index (κ1) is 19.1. The number of para-hydroxylation sites is 1. The van der Waals surface area contributed by atoms with Gasteiger partial charge in [0.25, 0.3) is 0 Å². The van der Waals surface area contributed by atoms with Crippen molar-refractivity contribution < 1.29 is 4.79 Å². The molecule has 3 aromatic rings. The highest BCUT2D eigenvalue weighted by molar-refractivity contribution is 7.18. The fourth-order valence-electron chi connectivity index (χ4n) is 3.83. The minimum Gasteiger partial charge on any atom is -0.355 e. The monoisotopic (exact) mass is 393 g/mol. The molecule has 5 heteroatoms. The lowest BCUT2D eigenvalue weighted by atomic mass is 9.97. The van der Waals surface area contributed by atoms with Crippen molar-refractivity contribution in [2.75, 3.05) is 26.2 Å². The lowest BCUT2D eigenvalue weighted by molar-refractivity contribution is -0.122. The summed E-state index contributed by atoms with van der Waals surface area (Å²) in [5, 5.41) is 4.33. The first-order valence-corrected chi connectivity index (χ1v) is 11.0. The maximum atomic E-state index is 12.2. The van der Waals surface area contributed by atoms with Crippen LogP contribution in [0.15, 0.2) is 54.6 Å². The van der Waals surface area contributed by atoms with Crippen molar-refractivity contribution in [3.63, 3.8) is 0 Å². The Hall–Kier alpha value is -2.24. The molecular formula is C23H27N3OS. The van der Waals surface area contributed by atoms with Crippen LogP contribution in [0.3, 0.4) is 0 Å². The topological polar surface area (TPSA) is 45.2 Å². The summed E-state index contributed by atoms with van der Waals surface area (Å²) in [5.41, 5.74) is 2.44. The molecule has 1 saturated heterocycles. The molecule has 28 heavy (non-hydrogen) atoms. The first-order chi connectivity index (χ1) is 13.8. The number of nitrogens with zero attached hydrogens (tertiary/aromatic N) is 2. The number of fused-ring (bicyclic) bond motifs is 1. The zero-order valence-corrected chi connectivity index (χ0v) is 17.0. The summed E-state index contributed by atoms with van der Waals surface area (Å²) >= 11 is 1.82. The molecule has 0 unspecified atom stereocenters. The van der Waals surface area contributed by atoms with Gasteiger partial charge in [-0.1, -0.05) is 42.5 Å². The number of piperidine rings is 1. The predicted octanol–water partition coefficient (Wildman–Crippen LogP) is 4.22. The third kappa shape index (κ3) is 4.97. The van der Waals surface area contributed by atoms with Gasteiger partial charge in [0.05, 0.1) is 21.8 Å². The van der Waals surface area contributed by atoms with E-state index in [0.29, 0.717) is 12.5 Å². The van der Waals surface area contributed by atoms with Crippen LogP contribution in [0.2, 0.25) is 0 Å². The number of carbonyl (C=O) groups is 1. The Bertz CT molecular complexity index is 867. The second-order valence-electron chi connectivity index (χ2n) is 7.51. The van der Waals surface area contributed by atoms with Crippen LogP contribution < -0.4 is 5.32 Å². The van der Waals surface area contributed by atoms with E-state index in [1.165, 1.54) is 15.3 Å². The average molecular weight is 394 g/mol. The lowest BCUT2D eigenvalue weighted by Gasteiger charge is -2.30. The van der Waals surface area contributed by atoms with Crippen LogP contribution in [0.25, 0.3) is 10.2 Å². The summed E-state index contributed by atoms with van der Waals surface area (Å²) in [7, 11) is 0.